The van der Waals surface area contributed by atoms with Crippen LogP contribution in [-0.4, -0.2) is 9.91 Å². The second-order valence-corrected chi connectivity index (χ2v) is 5.86. The molecule has 0 aliphatic heterocycles. The van der Waals surface area contributed by atoms with Crippen molar-refractivity contribution in [1.29, 1.82) is 0 Å². The molecule has 0 bridgehead atoms. The molecule has 1 aromatic heterocycles. The molecule has 3 aromatic rings. The minimum Gasteiger partial charge on any atom is -0.436 e. The molecular weight excluding hydrogens is 292 g/mol. The van der Waals surface area contributed by atoms with Gasteiger partial charge in [-0.1, -0.05) is 32.9 Å². The summed E-state index contributed by atoms with van der Waals surface area (Å²) in [6.45, 7) is 6.22. The quantitative estimate of drug-likeness (QED) is 0.497. The molecular formula is C18H18N2O3. The number of nitro benzene ring substituents is 1. The van der Waals surface area contributed by atoms with Crippen molar-refractivity contribution < 1.29 is 9.34 Å². The van der Waals surface area contributed by atoms with Gasteiger partial charge in [0, 0.05) is 23.3 Å². The average Bonchev–Trinajstić information content (AvgIpc) is 2.97. The number of aryl methyl sites for hydroxylation is 1. The number of fused-ring (bicyclic) bond motifs is 1. The Kier molecular flexibility index (Phi) is 3.86. The second kappa shape index (κ2) is 5.83. The van der Waals surface area contributed by atoms with Gasteiger partial charge in [-0.25, -0.2) is 4.98 Å². The maximum absolute atomic E-state index is 11.0. The van der Waals surface area contributed by atoms with Crippen LogP contribution >= 0.6 is 0 Å². The second-order valence-electron chi connectivity index (χ2n) is 5.86. The first kappa shape index (κ1) is 15.2. The Hall–Kier alpha value is -2.69. The SMILES string of the molecule is CCc1cc([N+](=O)[O-])cc2nc(-c3ccc(C(C)C)cc3)oc12. The Morgan fingerprint density at radius 1 is 1.22 bits per heavy atom. The third-order valence-electron chi connectivity index (χ3n) is 3.97. The van der Waals surface area contributed by atoms with Crippen LogP contribution in [0.2, 0.25) is 0 Å². The molecule has 0 atom stereocenters. The van der Waals surface area contributed by atoms with E-state index in [-0.39, 0.29) is 5.69 Å². The lowest BCUT2D eigenvalue weighted by atomic mass is 10.0. The van der Waals surface area contributed by atoms with Gasteiger partial charge in [-0.05, 0) is 30.0 Å². The molecule has 0 fully saturated rings. The maximum Gasteiger partial charge on any atom is 0.272 e. The van der Waals surface area contributed by atoms with E-state index < -0.39 is 4.92 Å². The molecule has 3 rings (SSSR count). The Morgan fingerprint density at radius 3 is 2.48 bits per heavy atom. The third-order valence-corrected chi connectivity index (χ3v) is 3.97. The average molecular weight is 310 g/mol. The molecule has 0 unspecified atom stereocenters. The number of benzene rings is 2. The number of aromatic nitrogens is 1. The molecule has 0 radical (unpaired) electrons. The van der Waals surface area contributed by atoms with Crippen molar-refractivity contribution in [1.82, 2.24) is 4.98 Å². The Morgan fingerprint density at radius 2 is 1.91 bits per heavy atom. The van der Waals surface area contributed by atoms with Crippen LogP contribution in [-0.2, 0) is 6.42 Å². The number of rotatable bonds is 4. The van der Waals surface area contributed by atoms with E-state index in [4.69, 9.17) is 4.42 Å². The molecule has 0 saturated carbocycles. The molecule has 118 valence electrons. The highest BCUT2D eigenvalue weighted by atomic mass is 16.6. The fourth-order valence-electron chi connectivity index (χ4n) is 2.59. The van der Waals surface area contributed by atoms with Crippen LogP contribution in [0.25, 0.3) is 22.6 Å². The van der Waals surface area contributed by atoms with Crippen LogP contribution in [0.3, 0.4) is 0 Å². The molecule has 23 heavy (non-hydrogen) atoms. The number of nitrogens with zero attached hydrogens (tertiary/aromatic N) is 2. The van der Waals surface area contributed by atoms with Gasteiger partial charge in [0.15, 0.2) is 5.58 Å². The molecule has 2 aromatic carbocycles. The molecule has 0 aliphatic carbocycles. The molecule has 5 heteroatoms. The van der Waals surface area contributed by atoms with E-state index in [1.807, 2.05) is 19.1 Å². The molecule has 5 nitrogen and oxygen atoms in total. The number of nitro groups is 1. The largest absolute Gasteiger partial charge is 0.436 e. The van der Waals surface area contributed by atoms with Crippen molar-refractivity contribution in [3.63, 3.8) is 0 Å². The van der Waals surface area contributed by atoms with Gasteiger partial charge in [-0.2, -0.15) is 0 Å². The first-order chi connectivity index (χ1) is 11.0. The Balaban J connectivity index is 2.10. The fourth-order valence-corrected chi connectivity index (χ4v) is 2.59. The first-order valence-corrected chi connectivity index (χ1v) is 7.67. The van der Waals surface area contributed by atoms with E-state index in [0.717, 1.165) is 11.1 Å². The Labute approximate surface area is 134 Å². The highest BCUT2D eigenvalue weighted by Gasteiger charge is 2.17. The van der Waals surface area contributed by atoms with E-state index in [0.29, 0.717) is 29.3 Å². The summed E-state index contributed by atoms with van der Waals surface area (Å²) >= 11 is 0. The summed E-state index contributed by atoms with van der Waals surface area (Å²) in [5.74, 6) is 0.951. The monoisotopic (exact) mass is 310 g/mol. The molecule has 0 amide bonds. The van der Waals surface area contributed by atoms with E-state index >= 15 is 0 Å². The molecule has 0 saturated heterocycles. The normalized spacial score (nSPS) is 11.3. The van der Waals surface area contributed by atoms with Crippen LogP contribution in [0.4, 0.5) is 5.69 Å². The van der Waals surface area contributed by atoms with E-state index in [2.05, 4.69) is 31.0 Å². The molecule has 0 spiro atoms. The van der Waals surface area contributed by atoms with Gasteiger partial charge in [-0.15, -0.1) is 0 Å². The smallest absolute Gasteiger partial charge is 0.272 e. The zero-order valence-corrected chi connectivity index (χ0v) is 13.4. The summed E-state index contributed by atoms with van der Waals surface area (Å²) in [5, 5.41) is 11.0. The van der Waals surface area contributed by atoms with E-state index in [1.165, 1.54) is 11.6 Å². The van der Waals surface area contributed by atoms with Crippen LogP contribution in [0.5, 0.6) is 0 Å². The Bertz CT molecular complexity index is 864. The summed E-state index contributed by atoms with van der Waals surface area (Å²) < 4.78 is 5.88. The van der Waals surface area contributed by atoms with Gasteiger partial charge in [-0.3, -0.25) is 10.1 Å². The topological polar surface area (TPSA) is 69.2 Å². The van der Waals surface area contributed by atoms with Gasteiger partial charge in [0.1, 0.15) is 5.52 Å². The number of hydrogen-bond donors (Lipinski definition) is 0. The highest BCUT2D eigenvalue weighted by molar-refractivity contribution is 5.82. The van der Waals surface area contributed by atoms with Crippen LogP contribution < -0.4 is 0 Å². The first-order valence-electron chi connectivity index (χ1n) is 7.67. The minimum atomic E-state index is -0.398. The number of non-ortho nitro benzene ring substituents is 1. The van der Waals surface area contributed by atoms with Gasteiger partial charge in [0.25, 0.3) is 5.69 Å². The predicted octanol–water partition coefficient (Wildman–Crippen LogP) is 5.09. The summed E-state index contributed by atoms with van der Waals surface area (Å²) in [5.41, 5.74) is 4.11. The standard InChI is InChI=1S/C18H18N2O3/c1-4-12-9-15(20(21)22)10-16-17(12)23-18(19-16)14-7-5-13(6-8-14)11(2)3/h5-11H,4H2,1-3H3. The lowest BCUT2D eigenvalue weighted by Crippen LogP contribution is -1.90. The van der Waals surface area contributed by atoms with Crippen molar-refractivity contribution >= 4 is 16.8 Å². The van der Waals surface area contributed by atoms with E-state index in [1.54, 1.807) is 6.07 Å². The molecule has 0 aliphatic rings. The third kappa shape index (κ3) is 2.82. The number of hydrogen-bond acceptors (Lipinski definition) is 4. The van der Waals surface area contributed by atoms with Crippen molar-refractivity contribution in [3.8, 4) is 11.5 Å². The lowest BCUT2D eigenvalue weighted by Gasteiger charge is -2.04. The van der Waals surface area contributed by atoms with Gasteiger partial charge in [0.05, 0.1) is 4.92 Å². The summed E-state index contributed by atoms with van der Waals surface area (Å²) in [7, 11) is 0. The van der Waals surface area contributed by atoms with Gasteiger partial charge >= 0.3 is 0 Å². The van der Waals surface area contributed by atoms with Crippen molar-refractivity contribution in [2.75, 3.05) is 0 Å². The van der Waals surface area contributed by atoms with Gasteiger partial charge < -0.3 is 4.42 Å². The summed E-state index contributed by atoms with van der Waals surface area (Å²) in [6.07, 6.45) is 0.652. The van der Waals surface area contributed by atoms with Crippen molar-refractivity contribution in [2.45, 2.75) is 33.1 Å². The lowest BCUT2D eigenvalue weighted by molar-refractivity contribution is -0.384. The summed E-state index contributed by atoms with van der Waals surface area (Å²) in [6, 6.07) is 11.1. The highest BCUT2D eigenvalue weighted by Crippen LogP contribution is 2.31. The van der Waals surface area contributed by atoms with Crippen LogP contribution in [0.15, 0.2) is 40.8 Å². The fraction of sp³-hybridized carbons (Fsp3) is 0.278. The zero-order chi connectivity index (χ0) is 16.6. The molecule has 1 heterocycles. The van der Waals surface area contributed by atoms with Crippen molar-refractivity contribution in [2.24, 2.45) is 0 Å². The van der Waals surface area contributed by atoms with Crippen molar-refractivity contribution in [3.05, 3.63) is 57.6 Å². The predicted molar refractivity (Wildman–Crippen MR) is 89.6 cm³/mol. The summed E-state index contributed by atoms with van der Waals surface area (Å²) in [4.78, 5) is 15.1. The van der Waals surface area contributed by atoms with Gasteiger partial charge in [0.2, 0.25) is 5.89 Å². The maximum atomic E-state index is 11.0. The zero-order valence-electron chi connectivity index (χ0n) is 13.4. The minimum absolute atomic E-state index is 0.0457. The molecule has 0 N–H and O–H groups in total. The van der Waals surface area contributed by atoms with Crippen LogP contribution in [0, 0.1) is 10.1 Å². The van der Waals surface area contributed by atoms with Crippen LogP contribution in [0.1, 0.15) is 37.8 Å². The van der Waals surface area contributed by atoms with E-state index in [9.17, 15) is 10.1 Å². The number of oxazole rings is 1.